The molecular formula is C6H6F2S2. The first-order valence-electron chi connectivity index (χ1n) is 2.73. The van der Waals surface area contributed by atoms with Crippen molar-refractivity contribution >= 4 is 23.1 Å². The van der Waals surface area contributed by atoms with E-state index in [1.807, 2.05) is 17.5 Å². The van der Waals surface area contributed by atoms with Crippen LogP contribution in [-0.4, -0.2) is 12.2 Å². The zero-order chi connectivity index (χ0) is 7.40. The van der Waals surface area contributed by atoms with Gasteiger partial charge in [0.1, 0.15) is 0 Å². The van der Waals surface area contributed by atoms with E-state index in [0.29, 0.717) is 0 Å². The SMILES string of the molecule is FC(F)CSc1cccs1. The predicted octanol–water partition coefficient (Wildman–Crippen LogP) is 3.11. The molecule has 0 nitrogen and oxygen atoms in total. The first-order valence-corrected chi connectivity index (χ1v) is 4.60. The normalized spacial score (nSPS) is 10.7. The molecule has 0 aliphatic heterocycles. The molecule has 0 saturated carbocycles. The molecule has 0 aliphatic carbocycles. The third kappa shape index (κ3) is 2.66. The van der Waals surface area contributed by atoms with Gasteiger partial charge in [-0.2, -0.15) is 0 Å². The highest BCUT2D eigenvalue weighted by molar-refractivity contribution is 8.01. The molecular weight excluding hydrogens is 174 g/mol. The van der Waals surface area contributed by atoms with E-state index in [2.05, 4.69) is 0 Å². The lowest BCUT2D eigenvalue weighted by atomic mass is 10.7. The Labute approximate surface area is 66.3 Å². The van der Waals surface area contributed by atoms with Crippen LogP contribution in [0.2, 0.25) is 0 Å². The Bertz CT molecular complexity index is 172. The van der Waals surface area contributed by atoms with Gasteiger partial charge in [-0.25, -0.2) is 8.78 Å². The maximum absolute atomic E-state index is 11.6. The van der Waals surface area contributed by atoms with Crippen molar-refractivity contribution in [2.75, 3.05) is 5.75 Å². The number of rotatable bonds is 3. The van der Waals surface area contributed by atoms with Gasteiger partial charge in [0, 0.05) is 0 Å². The van der Waals surface area contributed by atoms with E-state index in [-0.39, 0.29) is 5.75 Å². The first-order chi connectivity index (χ1) is 4.79. The number of alkyl halides is 2. The minimum Gasteiger partial charge on any atom is -0.210 e. The van der Waals surface area contributed by atoms with Gasteiger partial charge in [0.25, 0.3) is 0 Å². The molecule has 0 atom stereocenters. The minimum absolute atomic E-state index is 0.0967. The van der Waals surface area contributed by atoms with Gasteiger partial charge in [-0.15, -0.1) is 23.1 Å². The number of thiophene rings is 1. The molecule has 0 aliphatic rings. The molecule has 0 N–H and O–H groups in total. The Morgan fingerprint density at radius 3 is 2.90 bits per heavy atom. The van der Waals surface area contributed by atoms with Crippen LogP contribution in [0.4, 0.5) is 8.78 Å². The fraction of sp³-hybridized carbons (Fsp3) is 0.333. The Morgan fingerprint density at radius 2 is 2.40 bits per heavy atom. The summed E-state index contributed by atoms with van der Waals surface area (Å²) < 4.78 is 24.2. The van der Waals surface area contributed by atoms with Gasteiger partial charge in [-0.3, -0.25) is 0 Å². The van der Waals surface area contributed by atoms with Crippen molar-refractivity contribution in [1.29, 1.82) is 0 Å². The van der Waals surface area contributed by atoms with Gasteiger partial charge < -0.3 is 0 Å². The van der Waals surface area contributed by atoms with Crippen LogP contribution in [0, 0.1) is 0 Å². The molecule has 0 saturated heterocycles. The standard InChI is InChI=1S/C6H6F2S2/c7-5(8)4-10-6-2-1-3-9-6/h1-3,5H,4H2. The van der Waals surface area contributed by atoms with Gasteiger partial charge in [0.05, 0.1) is 9.96 Å². The quantitative estimate of drug-likeness (QED) is 0.644. The summed E-state index contributed by atoms with van der Waals surface area (Å²) in [5, 5.41) is 1.88. The lowest BCUT2D eigenvalue weighted by Crippen LogP contribution is -1.91. The highest BCUT2D eigenvalue weighted by Gasteiger charge is 2.02. The lowest BCUT2D eigenvalue weighted by Gasteiger charge is -1.94. The van der Waals surface area contributed by atoms with Crippen LogP contribution in [-0.2, 0) is 0 Å². The maximum atomic E-state index is 11.6. The zero-order valence-corrected chi connectivity index (χ0v) is 6.72. The average molecular weight is 180 g/mol. The van der Waals surface area contributed by atoms with E-state index in [1.54, 1.807) is 0 Å². The summed E-state index contributed by atoms with van der Waals surface area (Å²) in [7, 11) is 0. The van der Waals surface area contributed by atoms with Crippen molar-refractivity contribution in [2.45, 2.75) is 10.6 Å². The van der Waals surface area contributed by atoms with E-state index >= 15 is 0 Å². The summed E-state index contributed by atoms with van der Waals surface area (Å²) in [6.07, 6.45) is -2.20. The molecule has 1 heterocycles. The fourth-order valence-electron chi connectivity index (χ4n) is 0.491. The van der Waals surface area contributed by atoms with Crippen molar-refractivity contribution < 1.29 is 8.78 Å². The van der Waals surface area contributed by atoms with Gasteiger partial charge in [0.2, 0.25) is 6.43 Å². The second-order valence-corrected chi connectivity index (χ2v) is 3.90. The summed E-state index contributed by atoms with van der Waals surface area (Å²) in [6, 6.07) is 3.70. The van der Waals surface area contributed by atoms with Crippen molar-refractivity contribution in [3.63, 3.8) is 0 Å². The highest BCUT2D eigenvalue weighted by Crippen LogP contribution is 2.24. The summed E-state index contributed by atoms with van der Waals surface area (Å²) in [6.45, 7) is 0. The van der Waals surface area contributed by atoms with Gasteiger partial charge in [0.15, 0.2) is 0 Å². The molecule has 0 fully saturated rings. The number of hydrogen-bond donors (Lipinski definition) is 0. The smallest absolute Gasteiger partial charge is 0.210 e. The van der Waals surface area contributed by atoms with E-state index in [1.165, 1.54) is 23.1 Å². The molecule has 0 bridgehead atoms. The Kier molecular flexibility index (Phi) is 3.15. The molecule has 4 heteroatoms. The topological polar surface area (TPSA) is 0 Å². The first kappa shape index (κ1) is 8.01. The van der Waals surface area contributed by atoms with Crippen LogP contribution >= 0.6 is 23.1 Å². The van der Waals surface area contributed by atoms with Crippen LogP contribution < -0.4 is 0 Å². The number of thioether (sulfide) groups is 1. The summed E-state index contributed by atoms with van der Waals surface area (Å²) >= 11 is 2.70. The summed E-state index contributed by atoms with van der Waals surface area (Å²) in [5.41, 5.74) is 0. The van der Waals surface area contributed by atoms with Crippen molar-refractivity contribution in [2.24, 2.45) is 0 Å². The second kappa shape index (κ2) is 3.93. The van der Waals surface area contributed by atoms with E-state index in [9.17, 15) is 8.78 Å². The van der Waals surface area contributed by atoms with Gasteiger partial charge in [-0.1, -0.05) is 6.07 Å². The van der Waals surface area contributed by atoms with E-state index < -0.39 is 6.43 Å². The molecule has 0 spiro atoms. The zero-order valence-electron chi connectivity index (χ0n) is 5.09. The van der Waals surface area contributed by atoms with Crippen LogP contribution in [0.25, 0.3) is 0 Å². The molecule has 1 aromatic heterocycles. The highest BCUT2D eigenvalue weighted by atomic mass is 32.2. The second-order valence-electron chi connectivity index (χ2n) is 1.63. The molecule has 0 aromatic carbocycles. The number of hydrogen-bond acceptors (Lipinski definition) is 2. The molecule has 0 unspecified atom stereocenters. The maximum Gasteiger partial charge on any atom is 0.247 e. The Balaban J connectivity index is 2.28. The number of halogens is 2. The van der Waals surface area contributed by atoms with Crippen LogP contribution in [0.5, 0.6) is 0 Å². The summed E-state index contributed by atoms with van der Waals surface area (Å²) in [5.74, 6) is -0.0967. The van der Waals surface area contributed by atoms with E-state index in [0.717, 1.165) is 4.21 Å². The van der Waals surface area contributed by atoms with Gasteiger partial charge >= 0.3 is 0 Å². The third-order valence-corrected chi connectivity index (χ3v) is 2.99. The average Bonchev–Trinajstić information content (AvgIpc) is 2.34. The Morgan fingerprint density at radius 1 is 1.60 bits per heavy atom. The largest absolute Gasteiger partial charge is 0.247 e. The van der Waals surface area contributed by atoms with Crippen LogP contribution in [0.15, 0.2) is 21.7 Å². The fourth-order valence-corrected chi connectivity index (χ4v) is 2.05. The molecule has 1 rings (SSSR count). The van der Waals surface area contributed by atoms with Gasteiger partial charge in [-0.05, 0) is 11.4 Å². The van der Waals surface area contributed by atoms with Crippen LogP contribution in [0.1, 0.15) is 0 Å². The van der Waals surface area contributed by atoms with Crippen molar-refractivity contribution in [3.8, 4) is 0 Å². The lowest BCUT2D eigenvalue weighted by molar-refractivity contribution is 0.177. The third-order valence-electron chi connectivity index (χ3n) is 0.847. The molecule has 56 valence electrons. The minimum atomic E-state index is -2.20. The van der Waals surface area contributed by atoms with Crippen molar-refractivity contribution in [1.82, 2.24) is 0 Å². The van der Waals surface area contributed by atoms with E-state index in [4.69, 9.17) is 0 Å². The van der Waals surface area contributed by atoms with Crippen LogP contribution in [0.3, 0.4) is 0 Å². The summed E-state index contributed by atoms with van der Waals surface area (Å²) in [4.78, 5) is 0. The molecule has 1 aromatic rings. The molecule has 10 heavy (non-hydrogen) atoms. The Hall–Kier alpha value is -0.0900. The monoisotopic (exact) mass is 180 g/mol. The predicted molar refractivity (Wildman–Crippen MR) is 41.0 cm³/mol. The molecule has 0 radical (unpaired) electrons. The van der Waals surface area contributed by atoms with Crippen molar-refractivity contribution in [3.05, 3.63) is 17.5 Å². The molecule has 0 amide bonds.